The lowest BCUT2D eigenvalue weighted by Crippen LogP contribution is -1.93. The summed E-state index contributed by atoms with van der Waals surface area (Å²) in [6.45, 7) is 0. The number of rotatable bonds is 1. The van der Waals surface area contributed by atoms with E-state index in [0.717, 1.165) is 5.39 Å². The molecule has 4 heteroatoms. The molecule has 0 amide bonds. The Kier molecular flexibility index (Phi) is 2.06. The molecular weight excluding hydrogens is 236 g/mol. The van der Waals surface area contributed by atoms with Crippen LogP contribution in [0.4, 0.5) is 0 Å². The molecule has 1 aromatic carbocycles. The van der Waals surface area contributed by atoms with Crippen molar-refractivity contribution in [2.75, 3.05) is 0 Å². The first kappa shape index (κ1) is 8.31. The first-order valence-electron chi connectivity index (χ1n) is 3.62. The van der Waals surface area contributed by atoms with Gasteiger partial charge in [-0.3, -0.25) is 0 Å². The molecule has 1 aromatic heterocycles. The summed E-state index contributed by atoms with van der Waals surface area (Å²) >= 11 is 2.87. The molecule has 2 rings (SSSR count). The van der Waals surface area contributed by atoms with E-state index in [2.05, 4.69) is 16.3 Å². The van der Waals surface area contributed by atoms with Gasteiger partial charge in [0.2, 0.25) is 0 Å². The molecule has 1 heterocycles. The SMILES string of the molecule is O=c1ccc2cc(OBr)ccc2o1. The molecule has 0 N–H and O–H groups in total. The molecule has 0 radical (unpaired) electrons. The van der Waals surface area contributed by atoms with E-state index in [0.29, 0.717) is 11.3 Å². The third kappa shape index (κ3) is 1.58. The minimum absolute atomic E-state index is 0.347. The molecule has 0 aliphatic rings. The second-order valence-corrected chi connectivity index (χ2v) is 2.85. The lowest BCUT2D eigenvalue weighted by molar-refractivity contribution is 0.560. The van der Waals surface area contributed by atoms with Gasteiger partial charge in [-0.1, -0.05) is 0 Å². The molecule has 0 atom stereocenters. The lowest BCUT2D eigenvalue weighted by atomic mass is 10.2. The molecule has 2 aromatic rings. The molecule has 0 saturated heterocycles. The molecule has 0 spiro atoms. The average molecular weight is 241 g/mol. The fourth-order valence-corrected chi connectivity index (χ4v) is 1.30. The Morgan fingerprint density at radius 3 is 2.85 bits per heavy atom. The van der Waals surface area contributed by atoms with Crippen molar-refractivity contribution in [3.63, 3.8) is 0 Å². The maximum absolute atomic E-state index is 10.8. The summed E-state index contributed by atoms with van der Waals surface area (Å²) in [6, 6.07) is 8.23. The van der Waals surface area contributed by atoms with Crippen molar-refractivity contribution in [3.8, 4) is 5.75 Å². The highest BCUT2D eigenvalue weighted by Crippen LogP contribution is 2.20. The Labute approximate surface area is 82.4 Å². The summed E-state index contributed by atoms with van der Waals surface area (Å²) in [6.07, 6.45) is 0. The number of hydrogen-bond donors (Lipinski definition) is 0. The third-order valence-electron chi connectivity index (χ3n) is 1.68. The van der Waals surface area contributed by atoms with E-state index in [9.17, 15) is 4.79 Å². The van der Waals surface area contributed by atoms with Gasteiger partial charge in [-0.25, -0.2) is 4.79 Å². The fraction of sp³-hybridized carbons (Fsp3) is 0. The van der Waals surface area contributed by atoms with Gasteiger partial charge in [0.15, 0.2) is 16.3 Å². The summed E-state index contributed by atoms with van der Waals surface area (Å²) in [5, 5.41) is 0.830. The van der Waals surface area contributed by atoms with E-state index in [4.69, 9.17) is 8.25 Å². The minimum atomic E-state index is -0.347. The first-order valence-corrected chi connectivity index (χ1v) is 4.27. The molecule has 0 saturated carbocycles. The van der Waals surface area contributed by atoms with Gasteiger partial charge in [-0.15, -0.1) is 0 Å². The van der Waals surface area contributed by atoms with E-state index in [1.807, 2.05) is 0 Å². The Morgan fingerprint density at radius 1 is 1.23 bits per heavy atom. The van der Waals surface area contributed by atoms with Crippen LogP contribution in [0.1, 0.15) is 0 Å². The van der Waals surface area contributed by atoms with Crippen LogP contribution in [0.25, 0.3) is 11.0 Å². The van der Waals surface area contributed by atoms with Crippen LogP contribution in [-0.4, -0.2) is 0 Å². The maximum atomic E-state index is 10.8. The van der Waals surface area contributed by atoms with Crippen LogP contribution < -0.4 is 9.45 Å². The van der Waals surface area contributed by atoms with E-state index < -0.39 is 0 Å². The summed E-state index contributed by atoms with van der Waals surface area (Å²) in [5.74, 6) is 0.668. The van der Waals surface area contributed by atoms with Crippen LogP contribution >= 0.6 is 16.3 Å². The third-order valence-corrected chi connectivity index (χ3v) is 2.05. The standard InChI is InChI=1S/C9H5BrO3/c10-13-7-2-3-8-6(5-7)1-4-9(11)12-8/h1-5H. The number of fused-ring (bicyclic) bond motifs is 1. The molecule has 0 aliphatic heterocycles. The zero-order chi connectivity index (χ0) is 9.26. The van der Waals surface area contributed by atoms with Crippen LogP contribution in [0, 0.1) is 0 Å². The van der Waals surface area contributed by atoms with Crippen molar-refractivity contribution >= 4 is 27.2 Å². The van der Waals surface area contributed by atoms with E-state index in [1.54, 1.807) is 24.3 Å². The second-order valence-electron chi connectivity index (χ2n) is 2.53. The maximum Gasteiger partial charge on any atom is 0.336 e. The van der Waals surface area contributed by atoms with Crippen LogP contribution in [0.15, 0.2) is 39.5 Å². The van der Waals surface area contributed by atoms with E-state index in [-0.39, 0.29) is 5.63 Å². The van der Waals surface area contributed by atoms with Crippen molar-refractivity contribution in [2.24, 2.45) is 0 Å². The van der Waals surface area contributed by atoms with Crippen LogP contribution in [-0.2, 0) is 0 Å². The lowest BCUT2D eigenvalue weighted by Gasteiger charge is -1.97. The molecule has 13 heavy (non-hydrogen) atoms. The Balaban J connectivity index is 2.73. The highest BCUT2D eigenvalue weighted by molar-refractivity contribution is 9.06. The summed E-state index contributed by atoms with van der Waals surface area (Å²) < 4.78 is 9.78. The van der Waals surface area contributed by atoms with Gasteiger partial charge in [0.1, 0.15) is 11.3 Å². The smallest absolute Gasteiger partial charge is 0.336 e. The second kappa shape index (κ2) is 3.22. The predicted molar refractivity (Wildman–Crippen MR) is 52.0 cm³/mol. The van der Waals surface area contributed by atoms with E-state index in [1.165, 1.54) is 6.07 Å². The topological polar surface area (TPSA) is 39.4 Å². The normalized spacial score (nSPS) is 10.2. The number of hydrogen-bond acceptors (Lipinski definition) is 3. The summed E-state index contributed by atoms with van der Waals surface area (Å²) in [5.41, 5.74) is 0.209. The highest BCUT2D eigenvalue weighted by Gasteiger charge is 1.98. The van der Waals surface area contributed by atoms with Crippen LogP contribution in [0.3, 0.4) is 0 Å². The van der Waals surface area contributed by atoms with E-state index >= 15 is 0 Å². The van der Waals surface area contributed by atoms with Crippen LogP contribution in [0.2, 0.25) is 0 Å². The molecule has 66 valence electrons. The average Bonchev–Trinajstić information content (AvgIpc) is 2.17. The Bertz CT molecular complexity index is 489. The molecule has 0 bridgehead atoms. The van der Waals surface area contributed by atoms with Crippen molar-refractivity contribution < 1.29 is 8.25 Å². The zero-order valence-corrected chi connectivity index (χ0v) is 8.08. The highest BCUT2D eigenvalue weighted by atomic mass is 79.9. The van der Waals surface area contributed by atoms with Gasteiger partial charge in [-0.05, 0) is 24.3 Å². The van der Waals surface area contributed by atoms with Gasteiger partial charge in [0.05, 0.1) is 0 Å². The van der Waals surface area contributed by atoms with Gasteiger partial charge < -0.3 is 8.25 Å². The molecule has 0 unspecified atom stereocenters. The predicted octanol–water partition coefficient (Wildman–Crippen LogP) is 2.48. The van der Waals surface area contributed by atoms with Crippen molar-refractivity contribution in [1.82, 2.24) is 0 Å². The largest absolute Gasteiger partial charge is 0.423 e. The molecule has 0 fully saturated rings. The molecular formula is C9H5BrO3. The number of halogens is 1. The quantitative estimate of drug-likeness (QED) is 0.720. The minimum Gasteiger partial charge on any atom is -0.423 e. The fourth-order valence-electron chi connectivity index (χ4n) is 1.10. The van der Waals surface area contributed by atoms with Gasteiger partial charge in [0, 0.05) is 11.5 Å². The monoisotopic (exact) mass is 240 g/mol. The molecule has 0 aliphatic carbocycles. The van der Waals surface area contributed by atoms with Crippen molar-refractivity contribution in [2.45, 2.75) is 0 Å². The van der Waals surface area contributed by atoms with Crippen molar-refractivity contribution in [1.29, 1.82) is 0 Å². The van der Waals surface area contributed by atoms with Gasteiger partial charge in [-0.2, -0.15) is 0 Å². The Hall–Kier alpha value is -1.29. The summed E-state index contributed by atoms with van der Waals surface area (Å²) in [4.78, 5) is 10.8. The van der Waals surface area contributed by atoms with Crippen LogP contribution in [0.5, 0.6) is 5.75 Å². The summed E-state index contributed by atoms with van der Waals surface area (Å²) in [7, 11) is 0. The van der Waals surface area contributed by atoms with Gasteiger partial charge in [0.25, 0.3) is 0 Å². The molecule has 3 nitrogen and oxygen atoms in total. The first-order chi connectivity index (χ1) is 6.29. The van der Waals surface area contributed by atoms with Crippen molar-refractivity contribution in [3.05, 3.63) is 40.8 Å². The number of benzene rings is 1. The zero-order valence-electron chi connectivity index (χ0n) is 6.49. The van der Waals surface area contributed by atoms with Gasteiger partial charge >= 0.3 is 5.63 Å². The Morgan fingerprint density at radius 2 is 2.08 bits per heavy atom.